The van der Waals surface area contributed by atoms with Gasteiger partial charge in [-0.3, -0.25) is 24.1 Å². The van der Waals surface area contributed by atoms with Gasteiger partial charge in [-0.15, -0.1) is 0 Å². The summed E-state index contributed by atoms with van der Waals surface area (Å²) in [5, 5.41) is 16.1. The van der Waals surface area contributed by atoms with Gasteiger partial charge in [-0.25, -0.2) is 14.8 Å². The third-order valence-electron chi connectivity index (χ3n) is 5.36. The molecule has 1 fully saturated rings. The molecule has 4 rings (SSSR count). The van der Waals surface area contributed by atoms with E-state index in [2.05, 4.69) is 20.4 Å². The zero-order valence-electron chi connectivity index (χ0n) is 19.0. The first-order valence-electron chi connectivity index (χ1n) is 10.6. The van der Waals surface area contributed by atoms with Crippen LogP contribution in [0, 0.1) is 5.92 Å². The number of anilines is 3. The lowest BCUT2D eigenvalue weighted by Crippen LogP contribution is -2.38. The number of carbonyl (C=O) groups excluding carboxylic acids is 2. The van der Waals surface area contributed by atoms with Crippen LogP contribution in [0.3, 0.4) is 0 Å². The lowest BCUT2D eigenvalue weighted by Gasteiger charge is -2.19. The minimum absolute atomic E-state index is 0.0322. The summed E-state index contributed by atoms with van der Waals surface area (Å²) in [6, 6.07) is 2.39. The molecule has 1 aliphatic rings. The molecule has 0 bridgehead atoms. The average Bonchev–Trinajstić information content (AvgIpc) is 3.51. The summed E-state index contributed by atoms with van der Waals surface area (Å²) in [6.07, 6.45) is -2.31. The van der Waals surface area contributed by atoms with Gasteiger partial charge in [0.05, 0.1) is 6.20 Å². The Bertz CT molecular complexity index is 1320. The lowest BCUT2D eigenvalue weighted by molar-refractivity contribution is -0.120. The number of aromatic nitrogens is 4. The van der Waals surface area contributed by atoms with Gasteiger partial charge in [-0.1, -0.05) is 6.92 Å². The van der Waals surface area contributed by atoms with Crippen molar-refractivity contribution < 1.29 is 37.1 Å². The van der Waals surface area contributed by atoms with Crippen molar-refractivity contribution in [1.29, 1.82) is 0 Å². The van der Waals surface area contributed by atoms with Crippen molar-refractivity contribution in [2.24, 2.45) is 13.0 Å². The number of carbonyl (C=O) groups is 3. The second kappa shape index (κ2) is 9.31. The molecule has 1 aliphatic heterocycles. The number of nitrogens with one attached hydrogen (secondary N) is 1. The molecule has 190 valence electrons. The molecule has 3 amide bonds. The predicted octanol–water partition coefficient (Wildman–Crippen LogP) is 3.14. The summed E-state index contributed by atoms with van der Waals surface area (Å²) in [4.78, 5) is 45.8. The molecule has 3 aromatic heterocycles. The molecule has 36 heavy (non-hydrogen) atoms. The standard InChI is InChI=1S/C21H20F3N7O5/c1-11-4-6-30(19(11)33)16-13(8-29(2)28-16)26-17(32)14-9-36-18(27-14)12-3-5-25-15(7-12)31(20(34)35)10-21(22,23)24/h3,5,7-9,11H,4,6,10H2,1-2H3,(H,26,32)(H,34,35). The van der Waals surface area contributed by atoms with Crippen LogP contribution in [0.15, 0.2) is 35.2 Å². The van der Waals surface area contributed by atoms with Crippen LogP contribution in [0.4, 0.5) is 35.3 Å². The van der Waals surface area contributed by atoms with Crippen molar-refractivity contribution in [1.82, 2.24) is 19.7 Å². The smallest absolute Gasteiger partial charge is 0.413 e. The largest absolute Gasteiger partial charge is 0.465 e. The average molecular weight is 507 g/mol. The van der Waals surface area contributed by atoms with E-state index in [1.165, 1.54) is 21.8 Å². The van der Waals surface area contributed by atoms with E-state index in [0.29, 0.717) is 18.8 Å². The highest BCUT2D eigenvalue weighted by atomic mass is 19.4. The molecule has 0 spiro atoms. The summed E-state index contributed by atoms with van der Waals surface area (Å²) >= 11 is 0. The van der Waals surface area contributed by atoms with Crippen LogP contribution in [-0.4, -0.2) is 62.0 Å². The lowest BCUT2D eigenvalue weighted by atomic mass is 10.1. The van der Waals surface area contributed by atoms with Crippen molar-refractivity contribution in [2.75, 3.05) is 28.2 Å². The zero-order valence-corrected chi connectivity index (χ0v) is 19.0. The van der Waals surface area contributed by atoms with E-state index < -0.39 is 30.5 Å². The summed E-state index contributed by atoms with van der Waals surface area (Å²) in [6.45, 7) is 0.508. The molecule has 1 unspecified atom stereocenters. The molecule has 12 nitrogen and oxygen atoms in total. The van der Waals surface area contributed by atoms with Crippen LogP contribution in [0.25, 0.3) is 11.5 Å². The molecule has 1 saturated heterocycles. The quantitative estimate of drug-likeness (QED) is 0.517. The monoisotopic (exact) mass is 507 g/mol. The highest BCUT2D eigenvalue weighted by Crippen LogP contribution is 2.31. The summed E-state index contributed by atoms with van der Waals surface area (Å²) in [7, 11) is 1.64. The van der Waals surface area contributed by atoms with Gasteiger partial charge < -0.3 is 14.8 Å². The van der Waals surface area contributed by atoms with Crippen LogP contribution in [0.5, 0.6) is 0 Å². The number of oxazole rings is 1. The first-order chi connectivity index (χ1) is 16.9. The Balaban J connectivity index is 1.54. The summed E-state index contributed by atoms with van der Waals surface area (Å²) < 4.78 is 45.1. The minimum atomic E-state index is -4.78. The van der Waals surface area contributed by atoms with Gasteiger partial charge in [0.15, 0.2) is 11.5 Å². The van der Waals surface area contributed by atoms with E-state index in [-0.39, 0.29) is 39.6 Å². The van der Waals surface area contributed by atoms with Crippen molar-refractivity contribution in [3.63, 3.8) is 0 Å². The fraction of sp³-hybridized carbons (Fsp3) is 0.333. The van der Waals surface area contributed by atoms with E-state index in [1.54, 1.807) is 7.05 Å². The highest BCUT2D eigenvalue weighted by molar-refractivity contribution is 6.06. The molecule has 15 heteroatoms. The third-order valence-corrected chi connectivity index (χ3v) is 5.36. The number of aryl methyl sites for hydroxylation is 1. The Morgan fingerprint density at radius 2 is 2.11 bits per heavy atom. The zero-order chi connectivity index (χ0) is 26.2. The van der Waals surface area contributed by atoms with E-state index >= 15 is 0 Å². The van der Waals surface area contributed by atoms with Gasteiger partial charge in [0, 0.05) is 31.3 Å². The van der Waals surface area contributed by atoms with Crippen LogP contribution in [0.1, 0.15) is 23.8 Å². The summed E-state index contributed by atoms with van der Waals surface area (Å²) in [5.41, 5.74) is 0.223. The fourth-order valence-electron chi connectivity index (χ4n) is 3.62. The molecule has 0 aliphatic carbocycles. The highest BCUT2D eigenvalue weighted by Gasteiger charge is 2.35. The maximum Gasteiger partial charge on any atom is 0.413 e. The molecule has 0 aromatic carbocycles. The van der Waals surface area contributed by atoms with Gasteiger partial charge in [0.25, 0.3) is 5.91 Å². The van der Waals surface area contributed by atoms with Gasteiger partial charge in [-0.2, -0.15) is 18.3 Å². The third kappa shape index (κ3) is 5.13. The fourth-order valence-corrected chi connectivity index (χ4v) is 3.62. The molecule has 4 heterocycles. The molecule has 0 radical (unpaired) electrons. The number of carboxylic acid groups (broad SMARTS) is 1. The Morgan fingerprint density at radius 3 is 2.75 bits per heavy atom. The van der Waals surface area contributed by atoms with Crippen molar-refractivity contribution in [3.05, 3.63) is 36.5 Å². The van der Waals surface area contributed by atoms with Crippen LogP contribution in [0.2, 0.25) is 0 Å². The number of pyridine rings is 1. The van der Waals surface area contributed by atoms with Crippen LogP contribution in [-0.2, 0) is 11.8 Å². The first-order valence-corrected chi connectivity index (χ1v) is 10.6. The second-order valence-electron chi connectivity index (χ2n) is 8.10. The van der Waals surface area contributed by atoms with Crippen LogP contribution >= 0.6 is 0 Å². The van der Waals surface area contributed by atoms with Crippen molar-refractivity contribution in [3.8, 4) is 11.5 Å². The first kappa shape index (κ1) is 24.7. The topological polar surface area (TPSA) is 147 Å². The number of hydrogen-bond donors (Lipinski definition) is 2. The van der Waals surface area contributed by atoms with Crippen molar-refractivity contribution in [2.45, 2.75) is 19.5 Å². The Labute approximate surface area is 201 Å². The number of hydrogen-bond acceptors (Lipinski definition) is 7. The van der Waals surface area contributed by atoms with Crippen LogP contribution < -0.4 is 15.1 Å². The Hall–Kier alpha value is -4.43. The Morgan fingerprint density at radius 1 is 1.36 bits per heavy atom. The maximum absolute atomic E-state index is 12.8. The maximum atomic E-state index is 12.8. The summed E-state index contributed by atoms with van der Waals surface area (Å²) in [5.74, 6) is -1.30. The van der Waals surface area contributed by atoms with E-state index in [9.17, 15) is 27.6 Å². The molecular formula is C21H20F3N7O5. The van der Waals surface area contributed by atoms with Gasteiger partial charge in [0.2, 0.25) is 11.8 Å². The Kier molecular flexibility index (Phi) is 6.39. The number of nitrogens with zero attached hydrogens (tertiary/aromatic N) is 6. The SMILES string of the molecule is CC1CCN(c2nn(C)cc2NC(=O)c2coc(-c3ccnc(N(CC(F)(F)F)C(=O)O)c3)n2)C1=O. The normalized spacial score (nSPS) is 15.9. The molecule has 3 aromatic rings. The number of amides is 3. The molecule has 0 saturated carbocycles. The number of rotatable bonds is 6. The van der Waals surface area contributed by atoms with Gasteiger partial charge in [-0.05, 0) is 18.6 Å². The number of halogens is 3. The van der Waals surface area contributed by atoms with E-state index in [1.807, 2.05) is 6.92 Å². The minimum Gasteiger partial charge on any atom is -0.465 e. The van der Waals surface area contributed by atoms with Crippen molar-refractivity contribution >= 4 is 35.2 Å². The van der Waals surface area contributed by atoms with E-state index in [4.69, 9.17) is 9.52 Å². The van der Waals surface area contributed by atoms with Gasteiger partial charge >= 0.3 is 12.3 Å². The van der Waals surface area contributed by atoms with Gasteiger partial charge in [0.1, 0.15) is 24.3 Å². The number of alkyl halides is 3. The second-order valence-corrected chi connectivity index (χ2v) is 8.10. The molecular weight excluding hydrogens is 487 g/mol. The molecule has 2 N–H and O–H groups in total. The predicted molar refractivity (Wildman–Crippen MR) is 118 cm³/mol. The molecule has 1 atom stereocenters. The van der Waals surface area contributed by atoms with E-state index in [0.717, 1.165) is 18.5 Å².